The van der Waals surface area contributed by atoms with Crippen molar-refractivity contribution in [2.45, 2.75) is 31.9 Å². The van der Waals surface area contributed by atoms with Gasteiger partial charge in [0.25, 0.3) is 5.91 Å². The molecular weight excluding hydrogens is 314 g/mol. The lowest BCUT2D eigenvalue weighted by molar-refractivity contribution is 0.0235. The molecular formula is C17H20ClN3O2. The Labute approximate surface area is 140 Å². The fourth-order valence-electron chi connectivity index (χ4n) is 3.03. The molecule has 1 aliphatic carbocycles. The summed E-state index contributed by atoms with van der Waals surface area (Å²) in [5, 5.41) is 17.4. The molecule has 0 aliphatic heterocycles. The first kappa shape index (κ1) is 16.0. The second-order valence-corrected chi connectivity index (χ2v) is 6.68. The molecule has 23 heavy (non-hydrogen) atoms. The SMILES string of the molecule is Cc1ccc(Cl)cc1C(=O)N[C@H](c1cnn(C)c1)C1CC(O)C1. The Hall–Kier alpha value is -1.85. The lowest BCUT2D eigenvalue weighted by Gasteiger charge is -2.37. The van der Waals surface area contributed by atoms with Gasteiger partial charge in [-0.05, 0) is 43.4 Å². The van der Waals surface area contributed by atoms with Gasteiger partial charge in [0.2, 0.25) is 0 Å². The summed E-state index contributed by atoms with van der Waals surface area (Å²) >= 11 is 6.01. The molecule has 1 atom stereocenters. The maximum atomic E-state index is 12.7. The smallest absolute Gasteiger partial charge is 0.252 e. The highest BCUT2D eigenvalue weighted by Gasteiger charge is 2.36. The van der Waals surface area contributed by atoms with E-state index in [2.05, 4.69) is 10.4 Å². The fourth-order valence-corrected chi connectivity index (χ4v) is 3.21. The Balaban J connectivity index is 1.83. The van der Waals surface area contributed by atoms with E-state index >= 15 is 0 Å². The lowest BCUT2D eigenvalue weighted by Crippen LogP contribution is -2.41. The quantitative estimate of drug-likeness (QED) is 0.903. The van der Waals surface area contributed by atoms with Crippen LogP contribution in [0.2, 0.25) is 5.02 Å². The maximum absolute atomic E-state index is 12.7. The number of hydrogen-bond donors (Lipinski definition) is 2. The van der Waals surface area contributed by atoms with Crippen molar-refractivity contribution in [2.24, 2.45) is 13.0 Å². The Bertz CT molecular complexity index is 722. The van der Waals surface area contributed by atoms with Crippen molar-refractivity contribution < 1.29 is 9.90 Å². The number of aliphatic hydroxyl groups is 1. The molecule has 1 aromatic carbocycles. The van der Waals surface area contributed by atoms with Gasteiger partial charge in [-0.1, -0.05) is 17.7 Å². The van der Waals surface area contributed by atoms with Crippen LogP contribution in [0, 0.1) is 12.8 Å². The van der Waals surface area contributed by atoms with Crippen molar-refractivity contribution in [1.82, 2.24) is 15.1 Å². The lowest BCUT2D eigenvalue weighted by atomic mass is 9.75. The summed E-state index contributed by atoms with van der Waals surface area (Å²) in [6.45, 7) is 1.89. The number of nitrogens with one attached hydrogen (secondary N) is 1. The highest BCUT2D eigenvalue weighted by Crippen LogP contribution is 2.38. The van der Waals surface area contributed by atoms with E-state index in [0.29, 0.717) is 23.4 Å². The molecule has 0 bridgehead atoms. The molecule has 2 N–H and O–H groups in total. The van der Waals surface area contributed by atoms with Crippen LogP contribution in [0.5, 0.6) is 0 Å². The molecule has 0 saturated heterocycles. The summed E-state index contributed by atoms with van der Waals surface area (Å²) in [5.74, 6) is 0.0675. The summed E-state index contributed by atoms with van der Waals surface area (Å²) in [6.07, 6.45) is 4.77. The van der Waals surface area contributed by atoms with Crippen molar-refractivity contribution in [3.63, 3.8) is 0 Å². The van der Waals surface area contributed by atoms with Crippen LogP contribution < -0.4 is 5.32 Å². The Morgan fingerprint density at radius 1 is 1.48 bits per heavy atom. The Kier molecular flexibility index (Phi) is 4.41. The van der Waals surface area contributed by atoms with Gasteiger partial charge >= 0.3 is 0 Å². The van der Waals surface area contributed by atoms with Crippen LogP contribution in [-0.4, -0.2) is 26.9 Å². The van der Waals surface area contributed by atoms with E-state index in [1.807, 2.05) is 26.2 Å². The standard InChI is InChI=1S/C17H20ClN3O2/c1-10-3-4-13(18)7-15(10)17(23)20-16(11-5-14(22)6-11)12-8-19-21(2)9-12/h3-4,7-9,11,14,16,22H,5-6H2,1-2H3,(H,20,23)/t11?,14?,16-/m0/s1. The zero-order chi connectivity index (χ0) is 16.6. The molecule has 0 radical (unpaired) electrons. The minimum Gasteiger partial charge on any atom is -0.393 e. The van der Waals surface area contributed by atoms with Gasteiger partial charge in [0, 0.05) is 29.4 Å². The minimum absolute atomic E-state index is 0.153. The van der Waals surface area contributed by atoms with Gasteiger partial charge in [0.1, 0.15) is 0 Å². The van der Waals surface area contributed by atoms with E-state index in [0.717, 1.165) is 11.1 Å². The van der Waals surface area contributed by atoms with Crippen LogP contribution in [0.15, 0.2) is 30.6 Å². The zero-order valence-corrected chi connectivity index (χ0v) is 13.9. The summed E-state index contributed by atoms with van der Waals surface area (Å²) in [7, 11) is 1.85. The first-order valence-corrected chi connectivity index (χ1v) is 8.05. The van der Waals surface area contributed by atoms with Gasteiger partial charge in [-0.25, -0.2) is 0 Å². The van der Waals surface area contributed by atoms with Crippen LogP contribution >= 0.6 is 11.6 Å². The van der Waals surface area contributed by atoms with Crippen molar-refractivity contribution in [3.05, 3.63) is 52.3 Å². The van der Waals surface area contributed by atoms with Crippen LogP contribution in [0.1, 0.15) is 40.4 Å². The number of hydrogen-bond acceptors (Lipinski definition) is 3. The third-order valence-corrected chi connectivity index (χ3v) is 4.67. The number of carbonyl (C=O) groups is 1. The number of aliphatic hydroxyl groups excluding tert-OH is 1. The van der Waals surface area contributed by atoms with E-state index in [1.54, 1.807) is 23.0 Å². The number of aromatic nitrogens is 2. The first-order chi connectivity index (χ1) is 10.9. The molecule has 0 spiro atoms. The number of rotatable bonds is 4. The monoisotopic (exact) mass is 333 g/mol. The molecule has 6 heteroatoms. The normalized spacial score (nSPS) is 21.6. The van der Waals surface area contributed by atoms with Crippen molar-refractivity contribution in [3.8, 4) is 0 Å². The molecule has 1 amide bonds. The number of halogens is 1. The van der Waals surface area contributed by atoms with E-state index in [1.165, 1.54) is 0 Å². The molecule has 3 rings (SSSR count). The highest BCUT2D eigenvalue weighted by atomic mass is 35.5. The summed E-state index contributed by atoms with van der Waals surface area (Å²) < 4.78 is 1.72. The second-order valence-electron chi connectivity index (χ2n) is 6.24. The van der Waals surface area contributed by atoms with Gasteiger partial charge in [0.05, 0.1) is 18.3 Å². The topological polar surface area (TPSA) is 67.2 Å². The molecule has 1 saturated carbocycles. The number of nitrogens with zero attached hydrogens (tertiary/aromatic N) is 2. The Morgan fingerprint density at radius 2 is 2.22 bits per heavy atom. The van der Waals surface area contributed by atoms with E-state index in [9.17, 15) is 9.90 Å². The van der Waals surface area contributed by atoms with E-state index in [-0.39, 0.29) is 24.0 Å². The fraction of sp³-hybridized carbons (Fsp3) is 0.412. The number of amides is 1. The van der Waals surface area contributed by atoms with Crippen LogP contribution in [-0.2, 0) is 7.05 Å². The predicted octanol–water partition coefficient (Wildman–Crippen LogP) is 2.62. The zero-order valence-electron chi connectivity index (χ0n) is 13.2. The number of aryl methyl sites for hydroxylation is 2. The molecule has 122 valence electrons. The molecule has 1 heterocycles. The predicted molar refractivity (Wildman–Crippen MR) is 88.3 cm³/mol. The van der Waals surface area contributed by atoms with E-state index in [4.69, 9.17) is 11.6 Å². The second kappa shape index (κ2) is 6.34. The van der Waals surface area contributed by atoms with Crippen LogP contribution in [0.4, 0.5) is 0 Å². The Morgan fingerprint density at radius 3 is 2.83 bits per heavy atom. The van der Waals surface area contributed by atoms with Gasteiger partial charge in [-0.15, -0.1) is 0 Å². The molecule has 1 aliphatic rings. The largest absolute Gasteiger partial charge is 0.393 e. The van der Waals surface area contributed by atoms with Crippen LogP contribution in [0.25, 0.3) is 0 Å². The van der Waals surface area contributed by atoms with Crippen molar-refractivity contribution >= 4 is 17.5 Å². The molecule has 1 aromatic heterocycles. The third-order valence-electron chi connectivity index (χ3n) is 4.44. The van der Waals surface area contributed by atoms with Gasteiger partial charge in [-0.2, -0.15) is 5.10 Å². The van der Waals surface area contributed by atoms with E-state index < -0.39 is 0 Å². The number of benzene rings is 1. The first-order valence-electron chi connectivity index (χ1n) is 7.67. The average molecular weight is 334 g/mol. The molecule has 2 aromatic rings. The van der Waals surface area contributed by atoms with Gasteiger partial charge in [0.15, 0.2) is 0 Å². The molecule has 5 nitrogen and oxygen atoms in total. The van der Waals surface area contributed by atoms with Gasteiger partial charge < -0.3 is 10.4 Å². The van der Waals surface area contributed by atoms with Gasteiger partial charge in [-0.3, -0.25) is 9.48 Å². The number of carbonyl (C=O) groups excluding carboxylic acids is 1. The summed E-state index contributed by atoms with van der Waals surface area (Å²) in [4.78, 5) is 12.7. The van der Waals surface area contributed by atoms with Crippen molar-refractivity contribution in [1.29, 1.82) is 0 Å². The minimum atomic E-state index is -0.274. The highest BCUT2D eigenvalue weighted by molar-refractivity contribution is 6.31. The molecule has 0 unspecified atom stereocenters. The van der Waals surface area contributed by atoms with Crippen molar-refractivity contribution in [2.75, 3.05) is 0 Å². The average Bonchev–Trinajstić information content (AvgIpc) is 2.90. The third kappa shape index (κ3) is 3.41. The molecule has 1 fully saturated rings. The van der Waals surface area contributed by atoms with Crippen LogP contribution in [0.3, 0.4) is 0 Å². The maximum Gasteiger partial charge on any atom is 0.252 e. The summed E-state index contributed by atoms with van der Waals surface area (Å²) in [5.41, 5.74) is 2.41. The summed E-state index contributed by atoms with van der Waals surface area (Å²) in [6, 6.07) is 5.14.